The van der Waals surface area contributed by atoms with Crippen molar-refractivity contribution in [3.8, 4) is 12.3 Å². The lowest BCUT2D eigenvalue weighted by molar-refractivity contribution is -0.197. The van der Waals surface area contributed by atoms with Crippen molar-refractivity contribution in [2.75, 3.05) is 6.61 Å². The van der Waals surface area contributed by atoms with Gasteiger partial charge in [0.25, 0.3) is 8.32 Å². The summed E-state index contributed by atoms with van der Waals surface area (Å²) in [5.74, 6) is 0.353. The summed E-state index contributed by atoms with van der Waals surface area (Å²) in [5.41, 5.74) is -1.90. The Kier molecular flexibility index (Phi) is 8.82. The zero-order valence-corrected chi connectivity index (χ0v) is 23.6. The molecule has 2 aromatic rings. The lowest BCUT2D eigenvalue weighted by Gasteiger charge is -2.44. The molecule has 1 aliphatic heterocycles. The fraction of sp³-hybridized carbons (Fsp3) is 0.414. The van der Waals surface area contributed by atoms with E-state index in [0.717, 1.165) is 10.4 Å². The molecule has 9 heteroatoms. The molecule has 0 aromatic heterocycles. The molecule has 38 heavy (non-hydrogen) atoms. The van der Waals surface area contributed by atoms with Crippen molar-refractivity contribution in [2.45, 2.75) is 70.7 Å². The Morgan fingerprint density at radius 2 is 1.39 bits per heavy atom. The standard InChI is InChI=1S/C29H34O8Si/c1-8-29(37-22(4)32)25(36-27(35-21(3)31)26(29)34-20(2)30)19-33-38(28(5,6)7,23-15-11-9-12-16-23)24-17-13-10-14-18-24/h1,9-18,25-27H,19H2,2-7H3/t25-,26+,27+,29-/m1/s1. The molecule has 1 aliphatic rings. The molecular weight excluding hydrogens is 504 g/mol. The minimum atomic E-state index is -3.04. The topological polar surface area (TPSA) is 97.4 Å². The lowest BCUT2D eigenvalue weighted by atomic mass is 9.93. The first-order valence-corrected chi connectivity index (χ1v) is 14.2. The number of terminal acetylenes is 1. The fourth-order valence-corrected chi connectivity index (χ4v) is 9.54. The molecule has 0 bridgehead atoms. The summed E-state index contributed by atoms with van der Waals surface area (Å²) in [5, 5.41) is 1.67. The third-order valence-electron chi connectivity index (χ3n) is 6.43. The highest BCUT2D eigenvalue weighted by Crippen LogP contribution is 2.41. The van der Waals surface area contributed by atoms with Gasteiger partial charge in [0.2, 0.25) is 18.0 Å². The van der Waals surface area contributed by atoms with Gasteiger partial charge in [-0.05, 0) is 15.4 Å². The first-order valence-electron chi connectivity index (χ1n) is 12.3. The summed E-state index contributed by atoms with van der Waals surface area (Å²) in [7, 11) is -3.04. The summed E-state index contributed by atoms with van der Waals surface area (Å²) in [6, 6.07) is 19.8. The van der Waals surface area contributed by atoms with Gasteiger partial charge in [0, 0.05) is 20.8 Å². The Morgan fingerprint density at radius 1 is 0.895 bits per heavy atom. The van der Waals surface area contributed by atoms with Gasteiger partial charge in [-0.1, -0.05) is 87.4 Å². The molecule has 3 rings (SSSR count). The molecule has 0 unspecified atom stereocenters. The van der Waals surface area contributed by atoms with Crippen LogP contribution in [-0.4, -0.2) is 56.9 Å². The molecule has 0 spiro atoms. The van der Waals surface area contributed by atoms with Crippen molar-refractivity contribution in [3.63, 3.8) is 0 Å². The van der Waals surface area contributed by atoms with Crippen molar-refractivity contribution < 1.29 is 37.8 Å². The third kappa shape index (κ3) is 5.68. The Morgan fingerprint density at radius 3 is 1.79 bits per heavy atom. The summed E-state index contributed by atoms with van der Waals surface area (Å²) in [6.07, 6.45) is 2.01. The minimum Gasteiger partial charge on any atom is -0.450 e. The van der Waals surface area contributed by atoms with Gasteiger partial charge in [0.15, 0.2) is 0 Å². The second-order valence-corrected chi connectivity index (χ2v) is 14.4. The number of hydrogen-bond donors (Lipinski definition) is 0. The Bertz CT molecular complexity index is 1150. The largest absolute Gasteiger partial charge is 0.450 e. The zero-order chi connectivity index (χ0) is 28.1. The average molecular weight is 539 g/mol. The Balaban J connectivity index is 2.14. The molecule has 0 N–H and O–H groups in total. The van der Waals surface area contributed by atoms with Crippen LogP contribution in [0.2, 0.25) is 5.04 Å². The number of benzene rings is 2. The van der Waals surface area contributed by atoms with Crippen LogP contribution in [-0.2, 0) is 37.8 Å². The van der Waals surface area contributed by atoms with E-state index in [1.54, 1.807) is 0 Å². The predicted octanol–water partition coefficient (Wildman–Crippen LogP) is 2.72. The van der Waals surface area contributed by atoms with Crippen LogP contribution in [0.15, 0.2) is 60.7 Å². The summed E-state index contributed by atoms with van der Waals surface area (Å²) in [4.78, 5) is 36.1. The van der Waals surface area contributed by atoms with Crippen LogP contribution < -0.4 is 10.4 Å². The molecule has 1 heterocycles. The first kappa shape index (κ1) is 29.1. The van der Waals surface area contributed by atoms with E-state index in [4.69, 9.17) is 29.8 Å². The maximum atomic E-state index is 12.2. The smallest absolute Gasteiger partial charge is 0.305 e. The van der Waals surface area contributed by atoms with Crippen molar-refractivity contribution in [2.24, 2.45) is 0 Å². The van der Waals surface area contributed by atoms with Crippen LogP contribution in [0.25, 0.3) is 0 Å². The van der Waals surface area contributed by atoms with E-state index in [1.807, 2.05) is 60.7 Å². The summed E-state index contributed by atoms with van der Waals surface area (Å²) >= 11 is 0. The van der Waals surface area contributed by atoms with Gasteiger partial charge >= 0.3 is 17.9 Å². The second-order valence-electron chi connectivity index (χ2n) is 10.1. The second kappa shape index (κ2) is 11.5. The van der Waals surface area contributed by atoms with Crippen LogP contribution in [0.1, 0.15) is 41.5 Å². The van der Waals surface area contributed by atoms with Gasteiger partial charge in [0.1, 0.15) is 6.10 Å². The number of rotatable bonds is 8. The fourth-order valence-electron chi connectivity index (χ4n) is 4.99. The molecule has 0 radical (unpaired) electrons. The van der Waals surface area contributed by atoms with E-state index >= 15 is 0 Å². The number of carbonyl (C=O) groups is 3. The summed E-state index contributed by atoms with van der Waals surface area (Å²) < 4.78 is 29.3. The summed E-state index contributed by atoms with van der Waals surface area (Å²) in [6.45, 7) is 9.73. The van der Waals surface area contributed by atoms with Crippen LogP contribution >= 0.6 is 0 Å². The first-order chi connectivity index (χ1) is 17.9. The number of carbonyl (C=O) groups excluding carboxylic acids is 3. The molecule has 202 valence electrons. The van der Waals surface area contributed by atoms with E-state index < -0.39 is 50.3 Å². The quantitative estimate of drug-likeness (QED) is 0.219. The van der Waals surface area contributed by atoms with E-state index in [-0.39, 0.29) is 11.6 Å². The number of hydrogen-bond acceptors (Lipinski definition) is 8. The molecular formula is C29H34O8Si. The maximum Gasteiger partial charge on any atom is 0.305 e. The average Bonchev–Trinajstić information content (AvgIpc) is 3.10. The monoisotopic (exact) mass is 538 g/mol. The molecule has 0 amide bonds. The minimum absolute atomic E-state index is 0.139. The molecule has 1 fully saturated rings. The Labute approximate surface area is 224 Å². The van der Waals surface area contributed by atoms with Gasteiger partial charge in [0.05, 0.1) is 6.61 Å². The lowest BCUT2D eigenvalue weighted by Crippen LogP contribution is -2.67. The maximum absolute atomic E-state index is 12.2. The number of esters is 3. The van der Waals surface area contributed by atoms with E-state index in [1.165, 1.54) is 20.8 Å². The third-order valence-corrected chi connectivity index (χ3v) is 11.4. The van der Waals surface area contributed by atoms with E-state index in [9.17, 15) is 14.4 Å². The molecule has 4 atom stereocenters. The van der Waals surface area contributed by atoms with E-state index in [0.29, 0.717) is 0 Å². The highest BCUT2D eigenvalue weighted by molar-refractivity contribution is 6.99. The highest BCUT2D eigenvalue weighted by Gasteiger charge is 2.63. The Hall–Kier alpha value is -3.45. The van der Waals surface area contributed by atoms with Crippen LogP contribution in [0.4, 0.5) is 0 Å². The van der Waals surface area contributed by atoms with Crippen LogP contribution in [0.3, 0.4) is 0 Å². The van der Waals surface area contributed by atoms with Gasteiger partial charge in [-0.15, -0.1) is 6.42 Å². The van der Waals surface area contributed by atoms with Gasteiger partial charge in [-0.2, -0.15) is 0 Å². The zero-order valence-electron chi connectivity index (χ0n) is 22.6. The van der Waals surface area contributed by atoms with Crippen LogP contribution in [0, 0.1) is 12.3 Å². The van der Waals surface area contributed by atoms with Gasteiger partial charge in [-0.25, -0.2) is 0 Å². The molecule has 8 nitrogen and oxygen atoms in total. The van der Waals surface area contributed by atoms with E-state index in [2.05, 4.69) is 26.7 Å². The number of ether oxygens (including phenoxy) is 4. The molecule has 2 aromatic carbocycles. The van der Waals surface area contributed by atoms with Crippen molar-refractivity contribution in [3.05, 3.63) is 60.7 Å². The molecule has 0 saturated carbocycles. The normalized spacial score (nSPS) is 23.2. The van der Waals surface area contributed by atoms with Crippen molar-refractivity contribution in [1.29, 1.82) is 0 Å². The van der Waals surface area contributed by atoms with Gasteiger partial charge in [-0.3, -0.25) is 14.4 Å². The van der Waals surface area contributed by atoms with Crippen LogP contribution in [0.5, 0.6) is 0 Å². The van der Waals surface area contributed by atoms with Crippen molar-refractivity contribution >= 4 is 36.6 Å². The van der Waals surface area contributed by atoms with Crippen molar-refractivity contribution in [1.82, 2.24) is 0 Å². The predicted molar refractivity (Wildman–Crippen MR) is 143 cm³/mol. The molecule has 1 saturated heterocycles. The van der Waals surface area contributed by atoms with Gasteiger partial charge < -0.3 is 23.4 Å². The highest BCUT2D eigenvalue weighted by atomic mass is 28.4. The SMILES string of the molecule is C#C[C@@]1(OC(C)=O)[C@@H](CO[Si](c2ccccc2)(c2ccccc2)C(C)(C)C)O[C@H](OC(C)=O)[C@@H]1OC(C)=O. The molecule has 0 aliphatic carbocycles.